The summed E-state index contributed by atoms with van der Waals surface area (Å²) in [5, 5.41) is 23.9. The van der Waals surface area contributed by atoms with Gasteiger partial charge in [-0.25, -0.2) is 0 Å². The summed E-state index contributed by atoms with van der Waals surface area (Å²) >= 11 is 0. The number of aliphatic hydroxyl groups is 2. The molecular weight excluding hydrogens is 460 g/mol. The number of hydroxylamine groups is 4. The summed E-state index contributed by atoms with van der Waals surface area (Å²) in [5.74, 6) is -0.433. The van der Waals surface area contributed by atoms with Crippen LogP contribution >= 0.6 is 0 Å². The molecule has 0 saturated carbocycles. The molecule has 0 aromatic rings. The molecule has 0 radical (unpaired) electrons. The normalized spacial score (nSPS) is 24.4. The van der Waals surface area contributed by atoms with Gasteiger partial charge in [0.05, 0.1) is 34.4 Å². The summed E-state index contributed by atoms with van der Waals surface area (Å²) in [4.78, 5) is 36.4. The SMILES string of the molecule is CC1(C)CC(O)CC(C)(C)N1OC(=O)CCCCCCCCC(=O)ON1C(C)(C)CC(O)CC1(C)C. The molecule has 2 heterocycles. The van der Waals surface area contributed by atoms with Crippen molar-refractivity contribution in [2.24, 2.45) is 0 Å². The zero-order valence-corrected chi connectivity index (χ0v) is 24.1. The highest BCUT2D eigenvalue weighted by Gasteiger charge is 2.48. The van der Waals surface area contributed by atoms with Gasteiger partial charge in [-0.3, -0.25) is 9.59 Å². The van der Waals surface area contributed by atoms with Gasteiger partial charge < -0.3 is 19.9 Å². The first-order valence-corrected chi connectivity index (χ1v) is 13.8. The maximum atomic E-state index is 12.5. The van der Waals surface area contributed by atoms with Crippen LogP contribution in [0.15, 0.2) is 0 Å². The third-order valence-electron chi connectivity index (χ3n) is 7.54. The number of aliphatic hydroxyl groups excluding tert-OH is 2. The number of unbranched alkanes of at least 4 members (excludes halogenated alkanes) is 5. The zero-order valence-electron chi connectivity index (χ0n) is 24.1. The number of carbonyl (C=O) groups excluding carboxylic acids is 2. The average molecular weight is 513 g/mol. The lowest BCUT2D eigenvalue weighted by molar-refractivity contribution is -0.276. The van der Waals surface area contributed by atoms with Gasteiger partial charge in [0.1, 0.15) is 0 Å². The summed E-state index contributed by atoms with van der Waals surface area (Å²) in [7, 11) is 0. The Balaban J connectivity index is 1.60. The lowest BCUT2D eigenvalue weighted by Gasteiger charge is -2.51. The molecule has 210 valence electrons. The van der Waals surface area contributed by atoms with E-state index in [1.807, 2.05) is 55.4 Å². The number of hydrogen-bond acceptors (Lipinski definition) is 8. The predicted molar refractivity (Wildman–Crippen MR) is 140 cm³/mol. The van der Waals surface area contributed by atoms with Crippen molar-refractivity contribution < 1.29 is 29.5 Å². The van der Waals surface area contributed by atoms with E-state index in [0.29, 0.717) is 38.5 Å². The Morgan fingerprint density at radius 1 is 0.583 bits per heavy atom. The summed E-state index contributed by atoms with van der Waals surface area (Å²) in [5.41, 5.74) is -1.62. The van der Waals surface area contributed by atoms with Gasteiger partial charge in [0.2, 0.25) is 0 Å². The number of carbonyl (C=O) groups is 2. The van der Waals surface area contributed by atoms with Gasteiger partial charge in [0.25, 0.3) is 0 Å². The molecule has 2 aliphatic heterocycles. The Morgan fingerprint density at radius 2 is 0.833 bits per heavy atom. The van der Waals surface area contributed by atoms with Crippen molar-refractivity contribution >= 4 is 11.9 Å². The smallest absolute Gasteiger partial charge is 0.325 e. The molecule has 36 heavy (non-hydrogen) atoms. The highest BCUT2D eigenvalue weighted by atomic mass is 16.7. The van der Waals surface area contributed by atoms with Crippen LogP contribution < -0.4 is 0 Å². The van der Waals surface area contributed by atoms with Crippen molar-refractivity contribution in [3.8, 4) is 0 Å². The second-order valence-corrected chi connectivity index (χ2v) is 13.5. The van der Waals surface area contributed by atoms with Gasteiger partial charge in [-0.15, -0.1) is 10.1 Å². The van der Waals surface area contributed by atoms with Crippen molar-refractivity contribution in [1.29, 1.82) is 0 Å². The quantitative estimate of drug-likeness (QED) is 0.371. The maximum absolute atomic E-state index is 12.5. The largest absolute Gasteiger partial charge is 0.393 e. The van der Waals surface area contributed by atoms with E-state index in [-0.39, 0.29) is 24.1 Å². The van der Waals surface area contributed by atoms with Crippen LogP contribution in [0.4, 0.5) is 0 Å². The van der Waals surface area contributed by atoms with E-state index in [9.17, 15) is 19.8 Å². The van der Waals surface area contributed by atoms with Crippen LogP contribution in [0.1, 0.15) is 132 Å². The van der Waals surface area contributed by atoms with E-state index in [0.717, 1.165) is 38.5 Å². The lowest BCUT2D eigenvalue weighted by Crippen LogP contribution is -2.62. The highest BCUT2D eigenvalue weighted by Crippen LogP contribution is 2.40. The van der Waals surface area contributed by atoms with Crippen LogP contribution in [0.3, 0.4) is 0 Å². The number of hydrogen-bond donors (Lipinski definition) is 2. The third-order valence-corrected chi connectivity index (χ3v) is 7.54. The van der Waals surface area contributed by atoms with Crippen molar-refractivity contribution in [3.63, 3.8) is 0 Å². The molecule has 8 heteroatoms. The standard InChI is InChI=1S/C28H52N2O6/c1-25(2)17-21(31)18-26(3,4)29(25)35-23(33)15-13-11-9-10-12-14-16-24(34)36-30-27(5,6)19-22(32)20-28(30,7)8/h21-22,31-32H,9-20H2,1-8H3. The molecule has 0 unspecified atom stereocenters. The summed E-state index contributed by atoms with van der Waals surface area (Å²) in [6, 6.07) is 0. The van der Waals surface area contributed by atoms with Gasteiger partial charge >= 0.3 is 11.9 Å². The monoisotopic (exact) mass is 512 g/mol. The first-order chi connectivity index (χ1) is 16.5. The van der Waals surface area contributed by atoms with Gasteiger partial charge in [-0.1, -0.05) is 25.7 Å². The van der Waals surface area contributed by atoms with Gasteiger partial charge in [-0.05, 0) is 93.9 Å². The van der Waals surface area contributed by atoms with Crippen LogP contribution in [0, 0.1) is 0 Å². The first kappa shape index (κ1) is 31.0. The summed E-state index contributed by atoms with van der Waals surface area (Å²) in [6.45, 7) is 16.0. The minimum Gasteiger partial charge on any atom is -0.393 e. The molecule has 2 aliphatic rings. The fourth-order valence-corrected chi connectivity index (χ4v) is 6.46. The summed E-state index contributed by atoms with van der Waals surface area (Å²) in [6.07, 6.45) is 7.79. The minimum atomic E-state index is -0.404. The number of rotatable bonds is 11. The van der Waals surface area contributed by atoms with E-state index in [4.69, 9.17) is 9.68 Å². The van der Waals surface area contributed by atoms with E-state index in [1.165, 1.54) is 0 Å². The maximum Gasteiger partial charge on any atom is 0.325 e. The molecule has 0 atom stereocenters. The molecule has 0 spiro atoms. The molecule has 0 amide bonds. The third kappa shape index (κ3) is 8.67. The molecular formula is C28H52N2O6. The summed E-state index contributed by atoms with van der Waals surface area (Å²) < 4.78 is 0. The number of piperidine rings is 2. The molecule has 2 N–H and O–H groups in total. The Kier molecular flexibility index (Phi) is 10.4. The molecule has 2 saturated heterocycles. The van der Waals surface area contributed by atoms with E-state index >= 15 is 0 Å². The van der Waals surface area contributed by atoms with Crippen molar-refractivity contribution in [3.05, 3.63) is 0 Å². The van der Waals surface area contributed by atoms with Crippen LogP contribution in [0.2, 0.25) is 0 Å². The molecule has 2 fully saturated rings. The fraction of sp³-hybridized carbons (Fsp3) is 0.929. The van der Waals surface area contributed by atoms with Crippen LogP contribution in [0.25, 0.3) is 0 Å². The van der Waals surface area contributed by atoms with Gasteiger partial charge in [-0.2, -0.15) is 0 Å². The van der Waals surface area contributed by atoms with Crippen molar-refractivity contribution in [2.45, 2.75) is 167 Å². The molecule has 2 rings (SSSR count). The van der Waals surface area contributed by atoms with Crippen LogP contribution in [-0.4, -0.2) is 66.6 Å². The molecule has 0 aliphatic carbocycles. The zero-order chi connectivity index (χ0) is 27.4. The van der Waals surface area contributed by atoms with Crippen molar-refractivity contribution in [2.75, 3.05) is 0 Å². The Bertz CT molecular complexity index is 650. The Labute approximate surface area is 218 Å². The van der Waals surface area contributed by atoms with E-state index < -0.39 is 22.2 Å². The molecule has 8 nitrogen and oxygen atoms in total. The first-order valence-electron chi connectivity index (χ1n) is 13.8. The Hall–Kier alpha value is -1.22. The van der Waals surface area contributed by atoms with Crippen molar-refractivity contribution in [1.82, 2.24) is 10.1 Å². The van der Waals surface area contributed by atoms with Crippen LogP contribution in [-0.2, 0) is 19.3 Å². The molecule has 0 bridgehead atoms. The van der Waals surface area contributed by atoms with E-state index in [2.05, 4.69) is 0 Å². The molecule has 0 aromatic carbocycles. The van der Waals surface area contributed by atoms with Crippen LogP contribution in [0.5, 0.6) is 0 Å². The van der Waals surface area contributed by atoms with E-state index in [1.54, 1.807) is 10.1 Å². The highest BCUT2D eigenvalue weighted by molar-refractivity contribution is 5.69. The van der Waals surface area contributed by atoms with Gasteiger partial charge in [0.15, 0.2) is 0 Å². The minimum absolute atomic E-state index is 0.216. The lowest BCUT2D eigenvalue weighted by atomic mass is 9.80. The topological polar surface area (TPSA) is 99.5 Å². The second kappa shape index (κ2) is 12.1. The second-order valence-electron chi connectivity index (χ2n) is 13.5. The molecule has 0 aromatic heterocycles. The van der Waals surface area contributed by atoms with Gasteiger partial charge in [0, 0.05) is 12.8 Å². The fourth-order valence-electron chi connectivity index (χ4n) is 6.46. The number of nitrogens with zero attached hydrogens (tertiary/aromatic N) is 2. The predicted octanol–water partition coefficient (Wildman–Crippen LogP) is 5.05. The Morgan fingerprint density at radius 3 is 1.11 bits per heavy atom. The average Bonchev–Trinajstić information content (AvgIpc) is 2.68.